The molecule has 11 N–H and O–H groups in total. The molecule has 2 aromatic carbocycles. The largest absolute Gasteiger partial charge is 0.504 e. The van der Waals surface area contributed by atoms with Crippen LogP contribution in [0.3, 0.4) is 0 Å². The van der Waals surface area contributed by atoms with E-state index in [1.54, 1.807) is 6.07 Å². The summed E-state index contributed by atoms with van der Waals surface area (Å²) < 4.78 is 28.6. The number of hydrogen-bond acceptors (Lipinski definition) is 17. The molecule has 0 saturated carbocycles. The molecule has 0 aliphatic carbocycles. The first-order valence-corrected chi connectivity index (χ1v) is 18.7. The van der Waals surface area contributed by atoms with Gasteiger partial charge in [-0.1, -0.05) is 12.5 Å². The number of carbonyl (C=O) groups excluding carboxylic acids is 2. The lowest BCUT2D eigenvalue weighted by Crippen LogP contribution is -2.65. The molecule has 2 aromatic rings. The van der Waals surface area contributed by atoms with Crippen LogP contribution in [0.1, 0.15) is 49.7 Å². The average molecular weight is 793 g/mol. The molecule has 18 nitrogen and oxygen atoms in total. The highest BCUT2D eigenvalue weighted by Gasteiger charge is 2.51. The van der Waals surface area contributed by atoms with Crippen LogP contribution in [0.2, 0.25) is 0 Å². The summed E-state index contributed by atoms with van der Waals surface area (Å²) >= 11 is 0. The van der Waals surface area contributed by atoms with Gasteiger partial charge in [0.25, 0.3) is 0 Å². The van der Waals surface area contributed by atoms with Gasteiger partial charge in [0.15, 0.2) is 29.3 Å². The van der Waals surface area contributed by atoms with Crippen molar-refractivity contribution in [2.75, 3.05) is 32.8 Å². The molecule has 5 rings (SSSR count). The normalized spacial score (nSPS) is 32.1. The van der Waals surface area contributed by atoms with E-state index in [4.69, 9.17) is 23.7 Å². The number of phenols is 2. The predicted molar refractivity (Wildman–Crippen MR) is 195 cm³/mol. The van der Waals surface area contributed by atoms with Crippen molar-refractivity contribution in [2.24, 2.45) is 0 Å². The Morgan fingerprint density at radius 2 is 1.41 bits per heavy atom. The number of ether oxygens (including phenoxy) is 5. The minimum absolute atomic E-state index is 0.00522. The zero-order valence-corrected chi connectivity index (χ0v) is 30.7. The first-order valence-electron chi connectivity index (χ1n) is 18.7. The zero-order valence-electron chi connectivity index (χ0n) is 30.7. The third-order valence-electron chi connectivity index (χ3n) is 9.79. The van der Waals surface area contributed by atoms with Gasteiger partial charge in [0, 0.05) is 31.5 Å². The van der Waals surface area contributed by atoms with Crippen LogP contribution in [0.5, 0.6) is 28.7 Å². The zero-order chi connectivity index (χ0) is 40.4. The second-order valence-electron chi connectivity index (χ2n) is 14.0. The van der Waals surface area contributed by atoms with Crippen LogP contribution in [-0.4, -0.2) is 152 Å². The summed E-state index contributed by atoms with van der Waals surface area (Å²) in [4.78, 5) is 25.3. The van der Waals surface area contributed by atoms with E-state index in [1.165, 1.54) is 36.4 Å². The van der Waals surface area contributed by atoms with Crippen molar-refractivity contribution in [3.63, 3.8) is 0 Å². The molecule has 3 heterocycles. The molecule has 3 aliphatic rings. The number of hydrogen-bond donors (Lipinski definition) is 11. The summed E-state index contributed by atoms with van der Waals surface area (Å²) in [5.41, 5.74) is 0.855. The van der Waals surface area contributed by atoms with Gasteiger partial charge in [-0.15, -0.1) is 0 Å². The first-order chi connectivity index (χ1) is 26.9. The lowest BCUT2D eigenvalue weighted by molar-refractivity contribution is -0.352. The van der Waals surface area contributed by atoms with Crippen molar-refractivity contribution in [1.29, 1.82) is 0 Å². The molecule has 0 unspecified atom stereocenters. The topological polar surface area (TPSA) is 286 Å². The summed E-state index contributed by atoms with van der Waals surface area (Å²) in [6.07, 6.45) is -10.5. The van der Waals surface area contributed by atoms with Crippen LogP contribution in [0.25, 0.3) is 6.08 Å². The Labute approximate surface area is 322 Å². The molecule has 2 fully saturated rings. The molecule has 3 aliphatic heterocycles. The van der Waals surface area contributed by atoms with E-state index >= 15 is 0 Å². The first kappa shape index (κ1) is 43.2. The number of amides is 1. The number of aliphatic hydroxyl groups excluding tert-OH is 7. The number of nitrogens with one attached hydrogen (secondary N) is 2. The van der Waals surface area contributed by atoms with Crippen molar-refractivity contribution in [1.82, 2.24) is 10.6 Å². The minimum Gasteiger partial charge on any atom is -0.504 e. The van der Waals surface area contributed by atoms with Crippen LogP contribution >= 0.6 is 0 Å². The quantitative estimate of drug-likeness (QED) is 0.169. The van der Waals surface area contributed by atoms with Gasteiger partial charge >= 0.3 is 0 Å². The lowest BCUT2D eigenvalue weighted by Gasteiger charge is -2.45. The molecular weight excluding hydrogens is 740 g/mol. The van der Waals surface area contributed by atoms with E-state index in [0.717, 1.165) is 32.4 Å². The third kappa shape index (κ3) is 11.1. The van der Waals surface area contributed by atoms with E-state index in [0.29, 0.717) is 30.5 Å². The number of phenolic OH excluding ortho intramolecular Hbond substituents is 2. The molecule has 10 atom stereocenters. The maximum Gasteiger partial charge on any atom is 0.243 e. The molecule has 0 aromatic heterocycles. The average Bonchev–Trinajstić information content (AvgIpc) is 3.18. The van der Waals surface area contributed by atoms with E-state index in [9.17, 15) is 55.5 Å². The highest BCUT2D eigenvalue weighted by Crippen LogP contribution is 2.41. The van der Waals surface area contributed by atoms with Gasteiger partial charge in [-0.05, 0) is 74.2 Å². The summed E-state index contributed by atoms with van der Waals surface area (Å²) in [5.74, 6) is -1.41. The number of carbonyl (C=O) groups is 2. The minimum atomic E-state index is -1.91. The summed E-state index contributed by atoms with van der Waals surface area (Å²) in [7, 11) is 0. The Kier molecular flexibility index (Phi) is 15.8. The highest BCUT2D eigenvalue weighted by molar-refractivity contribution is 5.91. The van der Waals surface area contributed by atoms with Crippen molar-refractivity contribution in [3.8, 4) is 28.7 Å². The Bertz CT molecular complexity index is 1640. The van der Waals surface area contributed by atoms with Crippen LogP contribution < -0.4 is 20.1 Å². The summed E-state index contributed by atoms with van der Waals surface area (Å²) in [5, 5.41) is 101. The van der Waals surface area contributed by atoms with Gasteiger partial charge in [-0.2, -0.15) is 0 Å². The van der Waals surface area contributed by atoms with E-state index < -0.39 is 80.4 Å². The van der Waals surface area contributed by atoms with Crippen molar-refractivity contribution in [3.05, 3.63) is 47.5 Å². The molecule has 310 valence electrons. The number of Topliss-reactive ketones (excluding diaryl/α,β-unsaturated/α-hetero) is 1. The van der Waals surface area contributed by atoms with Crippen LogP contribution in [0.15, 0.2) is 36.4 Å². The number of aliphatic hydroxyl groups is 7. The van der Waals surface area contributed by atoms with Gasteiger partial charge in [-0.25, -0.2) is 0 Å². The number of aromatic hydroxyl groups is 2. The number of fused-ring (bicyclic) bond motifs is 3. The molecular formula is C38H52N2O16. The van der Waals surface area contributed by atoms with E-state index in [-0.39, 0.29) is 47.5 Å². The molecule has 2 bridgehead atoms. The second-order valence-corrected chi connectivity index (χ2v) is 14.0. The predicted octanol–water partition coefficient (Wildman–Crippen LogP) is -0.922. The summed E-state index contributed by atoms with van der Waals surface area (Å²) in [6, 6.07) is 6.91. The maximum absolute atomic E-state index is 12.9. The van der Waals surface area contributed by atoms with Gasteiger partial charge in [0.2, 0.25) is 12.2 Å². The number of ketones is 1. The molecule has 0 spiro atoms. The molecule has 56 heavy (non-hydrogen) atoms. The smallest absolute Gasteiger partial charge is 0.243 e. The molecule has 2 saturated heterocycles. The fourth-order valence-electron chi connectivity index (χ4n) is 6.51. The lowest BCUT2D eigenvalue weighted by atomic mass is 9.97. The number of aryl methyl sites for hydroxylation is 1. The molecule has 18 heteroatoms. The fourth-order valence-corrected chi connectivity index (χ4v) is 6.51. The monoisotopic (exact) mass is 792 g/mol. The van der Waals surface area contributed by atoms with Gasteiger partial charge < -0.3 is 80.3 Å². The fraction of sp³-hybridized carbons (Fsp3) is 0.579. The van der Waals surface area contributed by atoms with Gasteiger partial charge in [-0.3, -0.25) is 9.59 Å². The van der Waals surface area contributed by atoms with Crippen molar-refractivity contribution in [2.45, 2.75) is 106 Å². The third-order valence-corrected chi connectivity index (χ3v) is 9.79. The second kappa shape index (κ2) is 20.5. The number of benzene rings is 2. The van der Waals surface area contributed by atoms with Gasteiger partial charge in [0.05, 0.1) is 13.2 Å². The number of rotatable bonds is 6. The van der Waals surface area contributed by atoms with E-state index in [2.05, 4.69) is 10.6 Å². The van der Waals surface area contributed by atoms with Crippen LogP contribution in [0.4, 0.5) is 0 Å². The highest BCUT2D eigenvalue weighted by atomic mass is 16.7. The summed E-state index contributed by atoms with van der Waals surface area (Å²) in [6.45, 7) is 0.421. The maximum atomic E-state index is 12.9. The molecule has 0 radical (unpaired) electrons. The molecule has 1 amide bonds. The Morgan fingerprint density at radius 3 is 2.18 bits per heavy atom. The Morgan fingerprint density at radius 1 is 0.679 bits per heavy atom. The standard InChI is InChI=1S/C38H52N2O16/c41-18-28-31(47)33(49)34(50)37(54-28)56-36-32(48)29(19-42)55-38(35(36)51)53-27-17-25-21(16-24(27)45)8-9-22(43)5-2-1-3-12-39-13-4-14-40-30(46)11-7-20-6-10-23(44)26(15-20)52-25/h6-7,10-11,15-17,28-29,31-39,41-42,44-45,47-51H,1-5,8-9,12-14,18-19H2,(H,40,46)/b11-7+/t28-,29-,31-,32-,33+,34-,35-,36+,37+,38-/m1/s1. The Balaban J connectivity index is 1.42. The van der Waals surface area contributed by atoms with Crippen LogP contribution in [0, 0.1) is 0 Å². The van der Waals surface area contributed by atoms with Gasteiger partial charge in [0.1, 0.15) is 60.4 Å². The van der Waals surface area contributed by atoms with Crippen LogP contribution in [-0.2, 0) is 30.2 Å². The van der Waals surface area contributed by atoms with Crippen molar-refractivity contribution >= 4 is 17.8 Å². The Hall–Kier alpha value is -3.92. The van der Waals surface area contributed by atoms with E-state index in [1.807, 2.05) is 0 Å². The SMILES string of the molecule is O=C1CCCCCNCCCNC(=O)/C=C/c2ccc(O)c(c2)Oc2cc(O[C@@H]3O[C@H](CO)[C@@H](O)[C@H](O[C@@H]4O[C@H](CO)[C@@H](O)[C@H](O)[C@H]4O)[C@H]3O)c(O)cc2CC1. The van der Waals surface area contributed by atoms with Crippen molar-refractivity contribution < 1.29 is 79.2 Å².